The van der Waals surface area contributed by atoms with Crippen LogP contribution < -0.4 is 10.2 Å². The minimum absolute atomic E-state index is 0.0532. The Bertz CT molecular complexity index is 557. The summed E-state index contributed by atoms with van der Waals surface area (Å²) in [5.41, 5.74) is 2.95. The summed E-state index contributed by atoms with van der Waals surface area (Å²) in [6.45, 7) is 0. The molecule has 0 saturated heterocycles. The third-order valence-electron chi connectivity index (χ3n) is 2.18. The molecular weight excluding hydrogens is 254 g/mol. The molecule has 1 aromatic carbocycles. The highest BCUT2D eigenvalue weighted by atomic mass is 16.6. The lowest BCUT2D eigenvalue weighted by atomic mass is 10.2. The lowest BCUT2D eigenvalue weighted by Crippen LogP contribution is -2.17. The first-order chi connectivity index (χ1) is 9.20. The SMILES string of the molecule is COc1ccc([N+](=O)[O-])cc1/C=N/NC1N=NN=N1. The van der Waals surface area contributed by atoms with Gasteiger partial charge in [-0.25, -0.2) is 0 Å². The van der Waals surface area contributed by atoms with Crippen molar-refractivity contribution >= 4 is 11.9 Å². The summed E-state index contributed by atoms with van der Waals surface area (Å²) in [7, 11) is 1.46. The highest BCUT2D eigenvalue weighted by molar-refractivity contribution is 5.84. The van der Waals surface area contributed by atoms with Gasteiger partial charge in [0.2, 0.25) is 0 Å². The zero-order valence-corrected chi connectivity index (χ0v) is 9.79. The monoisotopic (exact) mass is 263 g/mol. The van der Waals surface area contributed by atoms with Crippen LogP contribution in [-0.4, -0.2) is 24.5 Å². The highest BCUT2D eigenvalue weighted by Crippen LogP contribution is 2.22. The van der Waals surface area contributed by atoms with E-state index < -0.39 is 11.2 Å². The summed E-state index contributed by atoms with van der Waals surface area (Å²) in [6, 6.07) is 4.19. The van der Waals surface area contributed by atoms with Gasteiger partial charge in [-0.1, -0.05) is 0 Å². The Balaban J connectivity index is 2.14. The summed E-state index contributed by atoms with van der Waals surface area (Å²) >= 11 is 0. The quantitative estimate of drug-likeness (QED) is 0.492. The topological polar surface area (TPSA) is 126 Å². The second-order valence-corrected chi connectivity index (χ2v) is 3.35. The van der Waals surface area contributed by atoms with E-state index in [1.807, 2.05) is 0 Å². The van der Waals surface area contributed by atoms with Crippen LogP contribution in [0.1, 0.15) is 5.56 Å². The number of benzene rings is 1. The molecule has 1 aliphatic heterocycles. The van der Waals surface area contributed by atoms with E-state index in [9.17, 15) is 10.1 Å². The second-order valence-electron chi connectivity index (χ2n) is 3.35. The van der Waals surface area contributed by atoms with Crippen molar-refractivity contribution in [3.05, 3.63) is 33.9 Å². The number of hydrazone groups is 1. The van der Waals surface area contributed by atoms with Crippen molar-refractivity contribution < 1.29 is 9.66 Å². The second kappa shape index (κ2) is 5.62. The Morgan fingerprint density at radius 2 is 2.21 bits per heavy atom. The van der Waals surface area contributed by atoms with E-state index in [2.05, 4.69) is 31.2 Å². The van der Waals surface area contributed by atoms with E-state index in [0.717, 1.165) is 0 Å². The summed E-state index contributed by atoms with van der Waals surface area (Å²) in [5.74, 6) is 0.464. The standard InChI is InChI=1S/C9H9N7O3/c1-19-8-3-2-7(16(17)18)4-6(8)5-10-11-9-12-14-15-13-9/h2-5,9,11H,1H3/b10-5+. The first-order valence-electron chi connectivity index (χ1n) is 5.11. The van der Waals surface area contributed by atoms with E-state index in [-0.39, 0.29) is 5.69 Å². The molecule has 1 heterocycles. The van der Waals surface area contributed by atoms with Crippen LogP contribution in [0.25, 0.3) is 0 Å². The summed E-state index contributed by atoms with van der Waals surface area (Å²) in [6.07, 6.45) is 0.704. The maximum atomic E-state index is 10.7. The number of rotatable bonds is 5. The molecule has 1 N–H and O–H groups in total. The molecule has 19 heavy (non-hydrogen) atoms. The normalized spacial score (nSPS) is 14.2. The van der Waals surface area contributed by atoms with Gasteiger partial charge in [0.1, 0.15) is 5.75 Å². The number of nitro groups is 1. The van der Waals surface area contributed by atoms with Crippen LogP contribution in [0.3, 0.4) is 0 Å². The van der Waals surface area contributed by atoms with E-state index in [1.54, 1.807) is 0 Å². The smallest absolute Gasteiger partial charge is 0.270 e. The Morgan fingerprint density at radius 1 is 1.47 bits per heavy atom. The number of methoxy groups -OCH3 is 1. The zero-order valence-electron chi connectivity index (χ0n) is 9.79. The summed E-state index contributed by atoms with van der Waals surface area (Å²) in [4.78, 5) is 10.2. The molecule has 2 rings (SSSR count). The van der Waals surface area contributed by atoms with Gasteiger partial charge < -0.3 is 4.74 Å². The van der Waals surface area contributed by atoms with E-state index in [4.69, 9.17) is 4.74 Å². The molecule has 0 unspecified atom stereocenters. The number of nitrogens with zero attached hydrogens (tertiary/aromatic N) is 6. The molecule has 98 valence electrons. The first kappa shape index (κ1) is 12.5. The van der Waals surface area contributed by atoms with Crippen molar-refractivity contribution in [2.24, 2.45) is 25.8 Å². The van der Waals surface area contributed by atoms with Crippen molar-refractivity contribution in [3.63, 3.8) is 0 Å². The fourth-order valence-corrected chi connectivity index (χ4v) is 1.33. The van der Waals surface area contributed by atoms with Gasteiger partial charge in [-0.15, -0.1) is 10.2 Å². The molecule has 0 aromatic heterocycles. The molecule has 0 saturated carbocycles. The summed E-state index contributed by atoms with van der Waals surface area (Å²) in [5, 5.41) is 28.3. The van der Waals surface area contributed by atoms with E-state index in [1.165, 1.54) is 31.5 Å². The molecule has 0 fully saturated rings. The zero-order chi connectivity index (χ0) is 13.7. The summed E-state index contributed by atoms with van der Waals surface area (Å²) < 4.78 is 5.08. The number of hydrogen-bond donors (Lipinski definition) is 1. The van der Waals surface area contributed by atoms with Crippen molar-refractivity contribution in [1.82, 2.24) is 5.43 Å². The van der Waals surface area contributed by atoms with Gasteiger partial charge in [0.15, 0.2) is 0 Å². The van der Waals surface area contributed by atoms with Crippen LogP contribution in [0.4, 0.5) is 5.69 Å². The van der Waals surface area contributed by atoms with Crippen LogP contribution in [0.2, 0.25) is 0 Å². The highest BCUT2D eigenvalue weighted by Gasteiger charge is 2.10. The number of nitro benzene ring substituents is 1. The third-order valence-corrected chi connectivity index (χ3v) is 2.18. The van der Waals surface area contributed by atoms with Crippen LogP contribution >= 0.6 is 0 Å². The maximum absolute atomic E-state index is 10.7. The van der Waals surface area contributed by atoms with Crippen molar-refractivity contribution in [2.45, 2.75) is 6.29 Å². The molecule has 1 aliphatic rings. The fourth-order valence-electron chi connectivity index (χ4n) is 1.33. The van der Waals surface area contributed by atoms with Crippen LogP contribution in [0, 0.1) is 10.1 Å². The molecule has 0 amide bonds. The molecule has 10 nitrogen and oxygen atoms in total. The Kier molecular flexibility index (Phi) is 3.71. The molecule has 0 atom stereocenters. The van der Waals surface area contributed by atoms with Crippen molar-refractivity contribution in [2.75, 3.05) is 7.11 Å². The van der Waals surface area contributed by atoms with Crippen molar-refractivity contribution in [1.29, 1.82) is 0 Å². The van der Waals surface area contributed by atoms with Crippen LogP contribution in [0.15, 0.2) is 44.0 Å². The van der Waals surface area contributed by atoms with E-state index >= 15 is 0 Å². The average molecular weight is 263 g/mol. The van der Waals surface area contributed by atoms with E-state index in [0.29, 0.717) is 11.3 Å². The molecule has 0 aliphatic carbocycles. The third kappa shape index (κ3) is 3.06. The lowest BCUT2D eigenvalue weighted by molar-refractivity contribution is -0.384. The Labute approximate surface area is 107 Å². The van der Waals surface area contributed by atoms with Gasteiger partial charge in [-0.2, -0.15) is 5.10 Å². The lowest BCUT2D eigenvalue weighted by Gasteiger charge is -2.04. The Morgan fingerprint density at radius 3 is 2.84 bits per heavy atom. The predicted octanol–water partition coefficient (Wildman–Crippen LogP) is 1.64. The molecule has 0 spiro atoms. The van der Waals surface area contributed by atoms with Crippen molar-refractivity contribution in [3.8, 4) is 5.75 Å². The van der Waals surface area contributed by atoms with Gasteiger partial charge in [0, 0.05) is 17.7 Å². The number of hydrogen-bond acceptors (Lipinski definition) is 9. The minimum Gasteiger partial charge on any atom is -0.496 e. The molecule has 0 bridgehead atoms. The van der Waals surface area contributed by atoms with Gasteiger partial charge in [-0.05, 0) is 16.5 Å². The average Bonchev–Trinajstić information content (AvgIpc) is 2.91. The van der Waals surface area contributed by atoms with Crippen LogP contribution in [-0.2, 0) is 0 Å². The van der Waals surface area contributed by atoms with Gasteiger partial charge >= 0.3 is 0 Å². The molecular formula is C9H9N7O3. The first-order valence-corrected chi connectivity index (χ1v) is 5.11. The number of nitrogens with one attached hydrogen (secondary N) is 1. The number of ether oxygens (including phenoxy) is 1. The number of non-ortho nitro benzene ring substituents is 1. The fraction of sp³-hybridized carbons (Fsp3) is 0.222. The van der Waals surface area contributed by atoms with Gasteiger partial charge in [0.05, 0.1) is 18.2 Å². The van der Waals surface area contributed by atoms with Crippen LogP contribution in [0.5, 0.6) is 5.75 Å². The predicted molar refractivity (Wildman–Crippen MR) is 63.9 cm³/mol. The molecule has 0 radical (unpaired) electrons. The molecule has 1 aromatic rings. The maximum Gasteiger partial charge on any atom is 0.270 e. The minimum atomic E-state index is -0.666. The molecule has 10 heteroatoms. The Hall–Kier alpha value is -2.91. The van der Waals surface area contributed by atoms with Gasteiger partial charge in [-0.3, -0.25) is 15.5 Å². The van der Waals surface area contributed by atoms with Gasteiger partial charge in [0.25, 0.3) is 12.0 Å². The largest absolute Gasteiger partial charge is 0.496 e.